The SMILES string of the molecule is O=C(Nc1ccccc1)c1ccc(O[C@@H]2CCOC2)nc1. The molecule has 0 aliphatic carbocycles. The molecule has 1 aliphatic heterocycles. The number of hydrogen-bond donors (Lipinski definition) is 1. The van der Waals surface area contributed by atoms with Crippen molar-refractivity contribution in [2.75, 3.05) is 18.5 Å². The number of ether oxygens (including phenoxy) is 2. The molecule has 0 spiro atoms. The number of aromatic nitrogens is 1. The molecule has 0 bridgehead atoms. The topological polar surface area (TPSA) is 60.5 Å². The maximum atomic E-state index is 12.1. The molecule has 1 aromatic heterocycles. The van der Waals surface area contributed by atoms with E-state index in [2.05, 4.69) is 10.3 Å². The largest absolute Gasteiger partial charge is 0.472 e. The van der Waals surface area contributed by atoms with E-state index in [0.717, 1.165) is 18.7 Å². The Hall–Kier alpha value is -2.40. The van der Waals surface area contributed by atoms with Gasteiger partial charge in [-0.2, -0.15) is 0 Å². The van der Waals surface area contributed by atoms with Crippen molar-refractivity contribution in [3.63, 3.8) is 0 Å². The van der Waals surface area contributed by atoms with Crippen LogP contribution in [0.5, 0.6) is 5.88 Å². The summed E-state index contributed by atoms with van der Waals surface area (Å²) < 4.78 is 10.9. The molecule has 2 aromatic rings. The molecule has 0 radical (unpaired) electrons. The first-order valence-electron chi connectivity index (χ1n) is 6.88. The van der Waals surface area contributed by atoms with Gasteiger partial charge in [0.05, 0.1) is 18.8 Å². The fourth-order valence-corrected chi connectivity index (χ4v) is 2.09. The third kappa shape index (κ3) is 3.58. The van der Waals surface area contributed by atoms with Gasteiger partial charge in [-0.25, -0.2) is 4.98 Å². The highest BCUT2D eigenvalue weighted by Gasteiger charge is 2.17. The van der Waals surface area contributed by atoms with Crippen LogP contribution in [0.15, 0.2) is 48.7 Å². The molecule has 3 rings (SSSR count). The molecule has 1 fully saturated rings. The van der Waals surface area contributed by atoms with Gasteiger partial charge in [0.25, 0.3) is 5.91 Å². The first-order valence-corrected chi connectivity index (χ1v) is 6.88. The molecule has 1 aliphatic rings. The van der Waals surface area contributed by atoms with Crippen LogP contribution >= 0.6 is 0 Å². The van der Waals surface area contributed by atoms with E-state index >= 15 is 0 Å². The Kier molecular flexibility index (Phi) is 4.12. The van der Waals surface area contributed by atoms with Crippen LogP contribution < -0.4 is 10.1 Å². The van der Waals surface area contributed by atoms with Crippen molar-refractivity contribution in [3.05, 3.63) is 54.2 Å². The van der Waals surface area contributed by atoms with E-state index in [-0.39, 0.29) is 12.0 Å². The Morgan fingerprint density at radius 2 is 2.10 bits per heavy atom. The Bertz CT molecular complexity index is 593. The summed E-state index contributed by atoms with van der Waals surface area (Å²) in [5.74, 6) is 0.325. The number of para-hydroxylation sites is 1. The van der Waals surface area contributed by atoms with Gasteiger partial charge in [-0.1, -0.05) is 18.2 Å². The zero-order valence-corrected chi connectivity index (χ0v) is 11.5. The fraction of sp³-hybridized carbons (Fsp3) is 0.250. The average molecular weight is 284 g/mol. The molecule has 1 atom stereocenters. The standard InChI is InChI=1S/C16H16N2O3/c19-16(18-13-4-2-1-3-5-13)12-6-7-15(17-10-12)21-14-8-9-20-11-14/h1-7,10,14H,8-9,11H2,(H,18,19)/t14-/m1/s1. The normalized spacial score (nSPS) is 17.4. The molecule has 21 heavy (non-hydrogen) atoms. The molecular weight excluding hydrogens is 268 g/mol. The highest BCUT2D eigenvalue weighted by molar-refractivity contribution is 6.04. The van der Waals surface area contributed by atoms with Crippen LogP contribution in [0.4, 0.5) is 5.69 Å². The van der Waals surface area contributed by atoms with Crippen LogP contribution in [0.2, 0.25) is 0 Å². The van der Waals surface area contributed by atoms with Gasteiger partial charge in [0.1, 0.15) is 6.10 Å². The van der Waals surface area contributed by atoms with Gasteiger partial charge in [-0.15, -0.1) is 0 Å². The predicted molar refractivity (Wildman–Crippen MR) is 78.5 cm³/mol. The van der Waals surface area contributed by atoms with Gasteiger partial charge >= 0.3 is 0 Å². The number of hydrogen-bond acceptors (Lipinski definition) is 4. The number of amides is 1. The number of rotatable bonds is 4. The van der Waals surface area contributed by atoms with E-state index in [1.807, 2.05) is 30.3 Å². The monoisotopic (exact) mass is 284 g/mol. The van der Waals surface area contributed by atoms with E-state index in [0.29, 0.717) is 18.1 Å². The predicted octanol–water partition coefficient (Wildman–Crippen LogP) is 2.50. The second kappa shape index (κ2) is 6.37. The van der Waals surface area contributed by atoms with Crippen molar-refractivity contribution in [2.24, 2.45) is 0 Å². The minimum atomic E-state index is -0.190. The Balaban J connectivity index is 1.62. The van der Waals surface area contributed by atoms with Crippen molar-refractivity contribution < 1.29 is 14.3 Å². The summed E-state index contributed by atoms with van der Waals surface area (Å²) in [6.07, 6.45) is 2.45. The lowest BCUT2D eigenvalue weighted by Crippen LogP contribution is -2.17. The number of pyridine rings is 1. The number of nitrogens with zero attached hydrogens (tertiary/aromatic N) is 1. The molecule has 1 saturated heterocycles. The second-order valence-corrected chi connectivity index (χ2v) is 4.81. The summed E-state index contributed by atoms with van der Waals surface area (Å²) in [4.78, 5) is 16.2. The Morgan fingerprint density at radius 3 is 2.76 bits per heavy atom. The third-order valence-electron chi connectivity index (χ3n) is 3.21. The fourth-order valence-electron chi connectivity index (χ4n) is 2.09. The molecule has 0 unspecified atom stereocenters. The first kappa shape index (κ1) is 13.6. The molecule has 1 aromatic carbocycles. The molecule has 0 saturated carbocycles. The summed E-state index contributed by atoms with van der Waals surface area (Å²) in [6, 6.07) is 12.7. The Morgan fingerprint density at radius 1 is 1.24 bits per heavy atom. The molecule has 5 heteroatoms. The third-order valence-corrected chi connectivity index (χ3v) is 3.21. The van der Waals surface area contributed by atoms with E-state index in [4.69, 9.17) is 9.47 Å². The molecule has 2 heterocycles. The number of nitrogens with one attached hydrogen (secondary N) is 1. The van der Waals surface area contributed by atoms with Gasteiger partial charge in [0.2, 0.25) is 5.88 Å². The zero-order valence-electron chi connectivity index (χ0n) is 11.5. The van der Waals surface area contributed by atoms with E-state index in [1.54, 1.807) is 12.1 Å². The number of anilines is 1. The minimum Gasteiger partial charge on any atom is -0.472 e. The summed E-state index contributed by atoms with van der Waals surface area (Å²) >= 11 is 0. The molecule has 1 N–H and O–H groups in total. The van der Waals surface area contributed by atoms with Crippen molar-refractivity contribution in [3.8, 4) is 5.88 Å². The van der Waals surface area contributed by atoms with Crippen molar-refractivity contribution in [1.82, 2.24) is 4.98 Å². The molecule has 108 valence electrons. The van der Waals surface area contributed by atoms with E-state index in [1.165, 1.54) is 6.20 Å². The van der Waals surface area contributed by atoms with Crippen molar-refractivity contribution in [2.45, 2.75) is 12.5 Å². The van der Waals surface area contributed by atoms with Crippen LogP contribution in [-0.4, -0.2) is 30.2 Å². The second-order valence-electron chi connectivity index (χ2n) is 4.81. The molecular formula is C16H16N2O3. The zero-order chi connectivity index (χ0) is 14.5. The van der Waals surface area contributed by atoms with Crippen LogP contribution in [0, 0.1) is 0 Å². The van der Waals surface area contributed by atoms with Gasteiger partial charge in [0, 0.05) is 24.4 Å². The summed E-state index contributed by atoms with van der Waals surface area (Å²) in [6.45, 7) is 1.32. The highest BCUT2D eigenvalue weighted by atomic mass is 16.5. The molecule has 5 nitrogen and oxygen atoms in total. The van der Waals surface area contributed by atoms with E-state index in [9.17, 15) is 4.79 Å². The van der Waals surface area contributed by atoms with Crippen molar-refractivity contribution >= 4 is 11.6 Å². The van der Waals surface area contributed by atoms with Crippen LogP contribution in [0.3, 0.4) is 0 Å². The quantitative estimate of drug-likeness (QED) is 0.937. The maximum absolute atomic E-state index is 12.1. The smallest absolute Gasteiger partial charge is 0.257 e. The van der Waals surface area contributed by atoms with Gasteiger partial charge in [-0.05, 0) is 18.2 Å². The summed E-state index contributed by atoms with van der Waals surface area (Å²) in [5.41, 5.74) is 1.25. The lowest BCUT2D eigenvalue weighted by atomic mass is 10.2. The summed E-state index contributed by atoms with van der Waals surface area (Å²) in [5, 5.41) is 2.81. The lowest BCUT2D eigenvalue weighted by molar-refractivity contribution is 0.102. The number of carbonyl (C=O) groups excluding carboxylic acids is 1. The van der Waals surface area contributed by atoms with Crippen molar-refractivity contribution in [1.29, 1.82) is 0 Å². The average Bonchev–Trinajstić information content (AvgIpc) is 3.02. The summed E-state index contributed by atoms with van der Waals surface area (Å²) in [7, 11) is 0. The number of carbonyl (C=O) groups is 1. The van der Waals surface area contributed by atoms with Gasteiger partial charge in [0.15, 0.2) is 0 Å². The molecule has 1 amide bonds. The van der Waals surface area contributed by atoms with Gasteiger partial charge < -0.3 is 14.8 Å². The first-order chi connectivity index (χ1) is 10.3. The van der Waals surface area contributed by atoms with Crippen LogP contribution in [0.1, 0.15) is 16.8 Å². The minimum absolute atomic E-state index is 0.0569. The van der Waals surface area contributed by atoms with Crippen LogP contribution in [-0.2, 0) is 4.74 Å². The Labute approximate surface area is 122 Å². The lowest BCUT2D eigenvalue weighted by Gasteiger charge is -2.11. The van der Waals surface area contributed by atoms with E-state index < -0.39 is 0 Å². The van der Waals surface area contributed by atoms with Crippen LogP contribution in [0.25, 0.3) is 0 Å². The number of benzene rings is 1. The maximum Gasteiger partial charge on any atom is 0.257 e. The highest BCUT2D eigenvalue weighted by Crippen LogP contribution is 2.15. The van der Waals surface area contributed by atoms with Gasteiger partial charge in [-0.3, -0.25) is 4.79 Å².